The summed E-state index contributed by atoms with van der Waals surface area (Å²) in [7, 11) is -2.06. The molecule has 28 heavy (non-hydrogen) atoms. The Morgan fingerprint density at radius 2 is 1.86 bits per heavy atom. The highest BCUT2D eigenvalue weighted by Gasteiger charge is 2.27. The van der Waals surface area contributed by atoms with Crippen molar-refractivity contribution in [2.75, 3.05) is 20.2 Å². The van der Waals surface area contributed by atoms with Gasteiger partial charge in [-0.2, -0.15) is 9.41 Å². The highest BCUT2D eigenvalue weighted by Crippen LogP contribution is 2.25. The molecule has 148 valence electrons. The molecule has 1 fully saturated rings. The van der Waals surface area contributed by atoms with Crippen LogP contribution in [0.15, 0.2) is 52.5 Å². The predicted molar refractivity (Wildman–Crippen MR) is 104 cm³/mol. The molecular weight excluding hydrogens is 382 g/mol. The Hall–Kier alpha value is -2.91. The molecule has 1 heterocycles. The van der Waals surface area contributed by atoms with E-state index >= 15 is 0 Å². The zero-order valence-corrected chi connectivity index (χ0v) is 16.1. The molecule has 3 rings (SSSR count). The van der Waals surface area contributed by atoms with Crippen LogP contribution < -0.4 is 10.2 Å². The second kappa shape index (κ2) is 8.41. The molecule has 9 heteroatoms. The van der Waals surface area contributed by atoms with E-state index in [1.165, 1.54) is 48.0 Å². The lowest BCUT2D eigenvalue weighted by atomic mass is 10.2. The van der Waals surface area contributed by atoms with E-state index in [2.05, 4.69) is 10.5 Å². The summed E-state index contributed by atoms with van der Waals surface area (Å²) >= 11 is 0. The van der Waals surface area contributed by atoms with Crippen LogP contribution in [0.4, 0.5) is 0 Å². The Morgan fingerprint density at radius 1 is 1.18 bits per heavy atom. The standard InChI is InChI=1S/C19H21N3O5S/c1-27-18-9-4-14(12-17(18)23)13-20-21-19(24)15-5-7-16(8-6-15)28(25,26)22-10-2-3-11-22/h4-9,12-13,23H,2-3,10-11H2,1H3,(H,21,24)/b20-13-. The fourth-order valence-electron chi connectivity index (χ4n) is 2.87. The molecule has 0 bridgehead atoms. The van der Waals surface area contributed by atoms with E-state index in [-0.39, 0.29) is 16.2 Å². The fraction of sp³-hybridized carbons (Fsp3) is 0.263. The summed E-state index contributed by atoms with van der Waals surface area (Å²) in [5, 5.41) is 13.6. The molecule has 0 radical (unpaired) electrons. The maximum atomic E-state index is 12.5. The molecule has 2 N–H and O–H groups in total. The van der Waals surface area contributed by atoms with Crippen LogP contribution in [0, 0.1) is 0 Å². The number of carbonyl (C=O) groups is 1. The maximum absolute atomic E-state index is 12.5. The number of amides is 1. The van der Waals surface area contributed by atoms with Gasteiger partial charge in [0.2, 0.25) is 10.0 Å². The van der Waals surface area contributed by atoms with Crippen LogP contribution in [0.25, 0.3) is 0 Å². The lowest BCUT2D eigenvalue weighted by molar-refractivity contribution is 0.0955. The summed E-state index contributed by atoms with van der Waals surface area (Å²) in [4.78, 5) is 12.3. The largest absolute Gasteiger partial charge is 0.504 e. The van der Waals surface area contributed by atoms with Crippen LogP contribution in [0.3, 0.4) is 0 Å². The molecule has 0 atom stereocenters. The molecule has 0 unspecified atom stereocenters. The molecule has 0 saturated carbocycles. The summed E-state index contributed by atoms with van der Waals surface area (Å²) in [5.41, 5.74) is 3.23. The van der Waals surface area contributed by atoms with Gasteiger partial charge in [0.15, 0.2) is 11.5 Å². The SMILES string of the molecule is COc1ccc(/C=N\NC(=O)c2ccc(S(=O)(=O)N3CCCC3)cc2)cc1O. The maximum Gasteiger partial charge on any atom is 0.271 e. The van der Waals surface area contributed by atoms with Crippen LogP contribution in [0.2, 0.25) is 0 Å². The molecule has 1 aliphatic rings. The van der Waals surface area contributed by atoms with Gasteiger partial charge < -0.3 is 9.84 Å². The highest BCUT2D eigenvalue weighted by atomic mass is 32.2. The number of methoxy groups -OCH3 is 1. The minimum Gasteiger partial charge on any atom is -0.504 e. The van der Waals surface area contributed by atoms with E-state index in [0.717, 1.165) is 12.8 Å². The van der Waals surface area contributed by atoms with E-state index in [1.54, 1.807) is 12.1 Å². The molecule has 1 aliphatic heterocycles. The average molecular weight is 403 g/mol. The van der Waals surface area contributed by atoms with Gasteiger partial charge in [0, 0.05) is 18.7 Å². The Balaban J connectivity index is 1.64. The van der Waals surface area contributed by atoms with Crippen LogP contribution in [-0.4, -0.2) is 50.2 Å². The van der Waals surface area contributed by atoms with Crippen LogP contribution >= 0.6 is 0 Å². The van der Waals surface area contributed by atoms with E-state index in [9.17, 15) is 18.3 Å². The monoisotopic (exact) mass is 403 g/mol. The molecule has 1 amide bonds. The van der Waals surface area contributed by atoms with Gasteiger partial charge in [-0.05, 0) is 60.9 Å². The summed E-state index contributed by atoms with van der Waals surface area (Å²) in [6.07, 6.45) is 3.11. The number of rotatable bonds is 6. The van der Waals surface area contributed by atoms with Crippen LogP contribution in [0.1, 0.15) is 28.8 Å². The summed E-state index contributed by atoms with van der Waals surface area (Å²) in [5.74, 6) is -0.170. The topological polar surface area (TPSA) is 108 Å². The number of nitrogens with one attached hydrogen (secondary N) is 1. The molecular formula is C19H21N3O5S. The number of hydrogen-bond donors (Lipinski definition) is 2. The minimum atomic E-state index is -3.51. The van der Waals surface area contributed by atoms with Crippen LogP contribution in [0.5, 0.6) is 11.5 Å². The number of phenolic OH excluding ortho intramolecular Hbond substituents is 1. The van der Waals surface area contributed by atoms with Gasteiger partial charge >= 0.3 is 0 Å². The van der Waals surface area contributed by atoms with Crippen molar-refractivity contribution in [2.45, 2.75) is 17.7 Å². The van der Waals surface area contributed by atoms with Crippen molar-refractivity contribution in [3.8, 4) is 11.5 Å². The fourth-order valence-corrected chi connectivity index (χ4v) is 4.39. The number of aromatic hydroxyl groups is 1. The number of hydrazone groups is 1. The summed E-state index contributed by atoms with van der Waals surface area (Å²) < 4.78 is 31.4. The first-order chi connectivity index (χ1) is 13.4. The molecule has 0 spiro atoms. The Labute approximate surface area is 163 Å². The zero-order chi connectivity index (χ0) is 20.1. The number of benzene rings is 2. The van der Waals surface area contributed by atoms with Crippen molar-refractivity contribution >= 4 is 22.1 Å². The normalized spacial score (nSPS) is 15.0. The van der Waals surface area contributed by atoms with Crippen LogP contribution in [-0.2, 0) is 10.0 Å². The van der Waals surface area contributed by atoms with Gasteiger partial charge in [0.1, 0.15) is 0 Å². The number of sulfonamides is 1. The smallest absolute Gasteiger partial charge is 0.271 e. The molecule has 0 aromatic heterocycles. The predicted octanol–water partition coefficient (Wildman–Crippen LogP) is 1.95. The van der Waals surface area contributed by atoms with E-state index in [4.69, 9.17) is 4.74 Å². The first-order valence-corrected chi connectivity index (χ1v) is 10.2. The van der Waals surface area contributed by atoms with Crippen molar-refractivity contribution in [3.63, 3.8) is 0 Å². The second-order valence-corrected chi connectivity index (χ2v) is 8.20. The third kappa shape index (κ3) is 4.32. The van der Waals surface area contributed by atoms with Gasteiger partial charge in [-0.3, -0.25) is 4.79 Å². The number of ether oxygens (including phenoxy) is 1. The molecule has 2 aromatic carbocycles. The lowest BCUT2D eigenvalue weighted by Crippen LogP contribution is -2.28. The molecule has 1 saturated heterocycles. The highest BCUT2D eigenvalue weighted by molar-refractivity contribution is 7.89. The number of carbonyl (C=O) groups excluding carboxylic acids is 1. The van der Waals surface area contributed by atoms with Gasteiger partial charge in [-0.15, -0.1) is 0 Å². The van der Waals surface area contributed by atoms with Gasteiger partial charge in [0.05, 0.1) is 18.2 Å². The lowest BCUT2D eigenvalue weighted by Gasteiger charge is -2.15. The van der Waals surface area contributed by atoms with E-state index in [0.29, 0.717) is 24.4 Å². The van der Waals surface area contributed by atoms with E-state index < -0.39 is 15.9 Å². The Kier molecular flexibility index (Phi) is 5.96. The third-order valence-electron chi connectivity index (χ3n) is 4.40. The third-order valence-corrected chi connectivity index (χ3v) is 6.31. The van der Waals surface area contributed by atoms with Crippen molar-refractivity contribution < 1.29 is 23.1 Å². The van der Waals surface area contributed by atoms with E-state index in [1.807, 2.05) is 0 Å². The van der Waals surface area contributed by atoms with Gasteiger partial charge in [-0.25, -0.2) is 13.8 Å². The molecule has 8 nitrogen and oxygen atoms in total. The first kappa shape index (κ1) is 19.8. The van der Waals surface area contributed by atoms with Crippen molar-refractivity contribution in [1.29, 1.82) is 0 Å². The number of hydrogen-bond acceptors (Lipinski definition) is 6. The summed E-state index contributed by atoms with van der Waals surface area (Å²) in [6.45, 7) is 1.06. The minimum absolute atomic E-state index is 0.0347. The Morgan fingerprint density at radius 3 is 2.46 bits per heavy atom. The first-order valence-electron chi connectivity index (χ1n) is 8.72. The van der Waals surface area contributed by atoms with Gasteiger partial charge in [-0.1, -0.05) is 0 Å². The second-order valence-electron chi connectivity index (χ2n) is 6.27. The Bertz CT molecular complexity index is 981. The molecule has 0 aliphatic carbocycles. The zero-order valence-electron chi connectivity index (χ0n) is 15.3. The van der Waals surface area contributed by atoms with Gasteiger partial charge in [0.25, 0.3) is 5.91 Å². The summed E-state index contributed by atoms with van der Waals surface area (Å²) in [6, 6.07) is 10.5. The quantitative estimate of drug-likeness (QED) is 0.566. The number of phenols is 1. The van der Waals surface area contributed by atoms with Crippen molar-refractivity contribution in [3.05, 3.63) is 53.6 Å². The average Bonchev–Trinajstić information content (AvgIpc) is 3.24. The van der Waals surface area contributed by atoms with Crippen molar-refractivity contribution in [1.82, 2.24) is 9.73 Å². The number of nitrogens with zero attached hydrogens (tertiary/aromatic N) is 2. The molecule has 2 aromatic rings. The van der Waals surface area contributed by atoms with Crippen molar-refractivity contribution in [2.24, 2.45) is 5.10 Å².